The van der Waals surface area contributed by atoms with Gasteiger partial charge in [-0.25, -0.2) is 8.42 Å². The van der Waals surface area contributed by atoms with Gasteiger partial charge in [-0.3, -0.25) is 14.0 Å². The Morgan fingerprint density at radius 3 is 2.13 bits per heavy atom. The van der Waals surface area contributed by atoms with Crippen LogP contribution in [0.1, 0.15) is 41.5 Å². The van der Waals surface area contributed by atoms with E-state index in [1.807, 2.05) is 32.0 Å². The summed E-state index contributed by atoms with van der Waals surface area (Å²) in [7, 11) is -3.58. The summed E-state index contributed by atoms with van der Waals surface area (Å²) in [5.41, 5.74) is 4.68. The van der Waals surface area contributed by atoms with E-state index >= 15 is 0 Å². The van der Waals surface area contributed by atoms with Gasteiger partial charge in [0, 0.05) is 13.1 Å². The molecule has 2 aromatic carbocycles. The number of sulfonamides is 1. The molecule has 0 spiro atoms. The van der Waals surface area contributed by atoms with Gasteiger partial charge in [-0.1, -0.05) is 36.8 Å². The van der Waals surface area contributed by atoms with Crippen LogP contribution in [0.25, 0.3) is 0 Å². The molecule has 168 valence electrons. The third kappa shape index (κ3) is 7.08. The monoisotopic (exact) mass is 443 g/mol. The average molecular weight is 444 g/mol. The molecule has 1 saturated heterocycles. The second-order valence-electron chi connectivity index (χ2n) is 8.55. The Labute approximate surface area is 186 Å². The van der Waals surface area contributed by atoms with Crippen LogP contribution in [-0.2, 0) is 27.9 Å². The topological polar surface area (TPSA) is 69.7 Å². The normalized spacial score (nSPS) is 14.9. The number of nitrogens with one attached hydrogen (secondary N) is 1. The highest BCUT2D eigenvalue weighted by Gasteiger charge is 2.21. The fourth-order valence-electron chi connectivity index (χ4n) is 4.02. The predicted molar refractivity (Wildman–Crippen MR) is 126 cm³/mol. The molecule has 1 fully saturated rings. The maximum atomic E-state index is 12.5. The van der Waals surface area contributed by atoms with E-state index in [1.165, 1.54) is 24.8 Å². The zero-order valence-corrected chi connectivity index (χ0v) is 19.5. The minimum absolute atomic E-state index is 0.241. The second-order valence-corrected chi connectivity index (χ2v) is 10.5. The molecule has 2 aromatic rings. The number of aryl methyl sites for hydroxylation is 2. The molecule has 1 N–H and O–H groups in total. The van der Waals surface area contributed by atoms with Gasteiger partial charge in [-0.2, -0.15) is 0 Å². The van der Waals surface area contributed by atoms with Gasteiger partial charge in [0.25, 0.3) is 0 Å². The Bertz CT molecular complexity index is 977. The molecule has 0 aromatic heterocycles. The van der Waals surface area contributed by atoms with Crippen LogP contribution >= 0.6 is 0 Å². The van der Waals surface area contributed by atoms with E-state index in [4.69, 9.17) is 0 Å². The van der Waals surface area contributed by atoms with Gasteiger partial charge in [0.2, 0.25) is 15.9 Å². The first-order chi connectivity index (χ1) is 14.7. The zero-order chi connectivity index (χ0) is 22.4. The lowest BCUT2D eigenvalue weighted by molar-refractivity contribution is -0.119. The van der Waals surface area contributed by atoms with Crippen LogP contribution in [0.15, 0.2) is 42.5 Å². The number of benzene rings is 2. The largest absolute Gasteiger partial charge is 0.350 e. The number of amides is 1. The predicted octanol–water partition coefficient (Wildman–Crippen LogP) is 3.37. The maximum Gasteiger partial charge on any atom is 0.241 e. The number of nitrogens with zero attached hydrogens (tertiary/aromatic N) is 2. The molecule has 0 atom stereocenters. The summed E-state index contributed by atoms with van der Waals surface area (Å²) in [5, 5.41) is 2.85. The summed E-state index contributed by atoms with van der Waals surface area (Å²) in [5.74, 6) is -0.332. The molecule has 0 unspecified atom stereocenters. The molecular weight excluding hydrogens is 410 g/mol. The molecule has 0 bridgehead atoms. The number of anilines is 1. The zero-order valence-electron chi connectivity index (χ0n) is 18.7. The minimum atomic E-state index is -3.58. The molecular formula is C24H33N3O3S. The fourth-order valence-corrected chi connectivity index (χ4v) is 4.86. The molecule has 7 heteroatoms. The second kappa shape index (κ2) is 10.3. The van der Waals surface area contributed by atoms with Crippen LogP contribution in [0.4, 0.5) is 5.69 Å². The van der Waals surface area contributed by atoms with Gasteiger partial charge >= 0.3 is 0 Å². The number of carbonyl (C=O) groups is 1. The van der Waals surface area contributed by atoms with Crippen molar-refractivity contribution in [2.24, 2.45) is 0 Å². The Hall–Kier alpha value is -2.38. The fraction of sp³-hybridized carbons (Fsp3) is 0.458. The SMILES string of the molecule is Cc1cc(C)cc(N(CC(=O)NCc2ccc(CN3CCCCC3)cc2)S(C)(=O)=O)c1. The van der Waals surface area contributed by atoms with Crippen molar-refractivity contribution in [2.45, 2.75) is 46.2 Å². The van der Waals surface area contributed by atoms with Crippen LogP contribution in [0.5, 0.6) is 0 Å². The number of likely N-dealkylation sites (tertiary alicyclic amines) is 1. The van der Waals surface area contributed by atoms with Crippen LogP contribution in [-0.4, -0.2) is 45.1 Å². The average Bonchev–Trinajstić information content (AvgIpc) is 2.71. The van der Waals surface area contributed by atoms with Crippen LogP contribution in [0.3, 0.4) is 0 Å². The summed E-state index contributed by atoms with van der Waals surface area (Å²) >= 11 is 0. The minimum Gasteiger partial charge on any atom is -0.350 e. The van der Waals surface area contributed by atoms with Crippen LogP contribution in [0.2, 0.25) is 0 Å². The van der Waals surface area contributed by atoms with Crippen molar-refractivity contribution in [3.8, 4) is 0 Å². The lowest BCUT2D eigenvalue weighted by atomic mass is 10.1. The molecule has 1 heterocycles. The summed E-state index contributed by atoms with van der Waals surface area (Å²) in [6.07, 6.45) is 5.00. The number of piperidine rings is 1. The maximum absolute atomic E-state index is 12.5. The van der Waals surface area contributed by atoms with Gasteiger partial charge < -0.3 is 5.32 Å². The summed E-state index contributed by atoms with van der Waals surface area (Å²) < 4.78 is 25.8. The quantitative estimate of drug-likeness (QED) is 0.679. The molecule has 1 amide bonds. The highest BCUT2D eigenvalue weighted by Crippen LogP contribution is 2.21. The number of carbonyl (C=O) groups excluding carboxylic acids is 1. The highest BCUT2D eigenvalue weighted by molar-refractivity contribution is 7.92. The molecule has 1 aliphatic rings. The van der Waals surface area contributed by atoms with E-state index in [1.54, 1.807) is 12.1 Å². The number of rotatable bonds is 8. The highest BCUT2D eigenvalue weighted by atomic mass is 32.2. The first kappa shape index (κ1) is 23.3. The van der Waals surface area contributed by atoms with Crippen LogP contribution < -0.4 is 9.62 Å². The lowest BCUT2D eigenvalue weighted by Crippen LogP contribution is -2.40. The third-order valence-corrected chi connectivity index (χ3v) is 6.69. The van der Waals surface area contributed by atoms with E-state index in [0.717, 1.165) is 46.9 Å². The van der Waals surface area contributed by atoms with Gasteiger partial charge in [0.05, 0.1) is 11.9 Å². The van der Waals surface area contributed by atoms with Gasteiger partial charge in [-0.05, 0) is 74.2 Å². The molecule has 6 nitrogen and oxygen atoms in total. The van der Waals surface area contributed by atoms with Crippen molar-refractivity contribution in [3.63, 3.8) is 0 Å². The Morgan fingerprint density at radius 2 is 1.55 bits per heavy atom. The molecule has 3 rings (SSSR count). The van der Waals surface area contributed by atoms with Crippen LogP contribution in [0, 0.1) is 13.8 Å². The molecule has 31 heavy (non-hydrogen) atoms. The smallest absolute Gasteiger partial charge is 0.241 e. The molecule has 1 aliphatic heterocycles. The summed E-state index contributed by atoms with van der Waals surface area (Å²) in [4.78, 5) is 15.0. The van der Waals surface area contributed by atoms with E-state index in [-0.39, 0.29) is 12.5 Å². The molecule has 0 radical (unpaired) electrons. The Morgan fingerprint density at radius 1 is 0.968 bits per heavy atom. The number of hydrogen-bond donors (Lipinski definition) is 1. The van der Waals surface area contributed by atoms with E-state index in [2.05, 4.69) is 22.3 Å². The number of hydrogen-bond acceptors (Lipinski definition) is 4. The van der Waals surface area contributed by atoms with Crippen molar-refractivity contribution in [2.75, 3.05) is 30.2 Å². The van der Waals surface area contributed by atoms with E-state index in [0.29, 0.717) is 12.2 Å². The summed E-state index contributed by atoms with van der Waals surface area (Å²) in [6, 6.07) is 13.8. The van der Waals surface area contributed by atoms with Crippen molar-refractivity contribution >= 4 is 21.6 Å². The van der Waals surface area contributed by atoms with Gasteiger partial charge in [0.1, 0.15) is 6.54 Å². The third-order valence-electron chi connectivity index (χ3n) is 5.55. The van der Waals surface area contributed by atoms with Gasteiger partial charge in [0.15, 0.2) is 0 Å². The Kier molecular flexibility index (Phi) is 7.73. The first-order valence-electron chi connectivity index (χ1n) is 10.8. The van der Waals surface area contributed by atoms with Crippen molar-refractivity contribution in [1.82, 2.24) is 10.2 Å². The van der Waals surface area contributed by atoms with Crippen molar-refractivity contribution in [1.29, 1.82) is 0 Å². The molecule has 0 aliphatic carbocycles. The summed E-state index contributed by atoms with van der Waals surface area (Å²) in [6.45, 7) is 7.23. The Balaban J connectivity index is 1.57. The van der Waals surface area contributed by atoms with Gasteiger partial charge in [-0.15, -0.1) is 0 Å². The van der Waals surface area contributed by atoms with Crippen molar-refractivity contribution in [3.05, 3.63) is 64.7 Å². The van der Waals surface area contributed by atoms with E-state index in [9.17, 15) is 13.2 Å². The standard InChI is InChI=1S/C24H33N3O3S/c1-19-13-20(2)15-23(14-19)27(31(3,29)30)18-24(28)25-16-21-7-9-22(10-8-21)17-26-11-5-4-6-12-26/h7-10,13-15H,4-6,11-12,16-18H2,1-3H3,(H,25,28). The van der Waals surface area contributed by atoms with Crippen molar-refractivity contribution < 1.29 is 13.2 Å². The first-order valence-corrected chi connectivity index (χ1v) is 12.7. The lowest BCUT2D eigenvalue weighted by Gasteiger charge is -2.26. The molecule has 0 saturated carbocycles. The van der Waals surface area contributed by atoms with E-state index < -0.39 is 10.0 Å².